The molecule has 2 aromatic heterocycles. The Morgan fingerprint density at radius 3 is 2.97 bits per heavy atom. The Morgan fingerprint density at radius 2 is 2.21 bits per heavy atom. The van der Waals surface area contributed by atoms with Gasteiger partial charge in [0.2, 0.25) is 0 Å². The van der Waals surface area contributed by atoms with Crippen molar-refractivity contribution in [1.29, 1.82) is 0 Å². The Morgan fingerprint density at radius 1 is 1.31 bits per heavy atom. The van der Waals surface area contributed by atoms with Gasteiger partial charge in [-0.2, -0.15) is 0 Å². The van der Waals surface area contributed by atoms with Crippen molar-refractivity contribution in [2.75, 3.05) is 20.2 Å². The van der Waals surface area contributed by atoms with E-state index in [2.05, 4.69) is 14.9 Å². The van der Waals surface area contributed by atoms with Gasteiger partial charge in [-0.3, -0.25) is 14.7 Å². The molecule has 3 aromatic rings. The Bertz CT molecular complexity index is 1040. The number of aromatic amines is 1. The fourth-order valence-electron chi connectivity index (χ4n) is 3.86. The van der Waals surface area contributed by atoms with Crippen LogP contribution in [0.1, 0.15) is 30.0 Å². The van der Waals surface area contributed by atoms with E-state index in [4.69, 9.17) is 9.72 Å². The Balaban J connectivity index is 1.52. The van der Waals surface area contributed by atoms with Crippen LogP contribution in [-0.4, -0.2) is 45.2 Å². The highest BCUT2D eigenvalue weighted by Gasteiger charge is 2.23. The van der Waals surface area contributed by atoms with Crippen molar-refractivity contribution in [3.05, 3.63) is 70.4 Å². The highest BCUT2D eigenvalue weighted by molar-refractivity contribution is 5.52. The third-order valence-electron chi connectivity index (χ3n) is 5.27. The largest absolute Gasteiger partial charge is 0.504 e. The second-order valence-electron chi connectivity index (χ2n) is 7.34. The predicted octanol–water partition coefficient (Wildman–Crippen LogP) is 2.93. The smallest absolute Gasteiger partial charge is 0.251 e. The summed E-state index contributed by atoms with van der Waals surface area (Å²) >= 11 is 0. The highest BCUT2D eigenvalue weighted by atomic mass is 16.5. The van der Waals surface area contributed by atoms with E-state index in [1.807, 2.05) is 18.2 Å². The maximum absolute atomic E-state index is 12.2. The van der Waals surface area contributed by atoms with Gasteiger partial charge in [-0.25, -0.2) is 4.98 Å². The molecule has 0 saturated carbocycles. The number of hydrogen-bond acceptors (Lipinski definition) is 6. The third kappa shape index (κ3) is 4.46. The van der Waals surface area contributed by atoms with Gasteiger partial charge < -0.3 is 14.8 Å². The number of hydrogen-bond donors (Lipinski definition) is 2. The summed E-state index contributed by atoms with van der Waals surface area (Å²) in [5.74, 6) is 1.36. The number of likely N-dealkylation sites (tertiary alicyclic amines) is 1. The molecule has 0 aliphatic carbocycles. The van der Waals surface area contributed by atoms with Crippen molar-refractivity contribution >= 4 is 0 Å². The minimum Gasteiger partial charge on any atom is -0.504 e. The molecule has 1 aromatic carbocycles. The lowest BCUT2D eigenvalue weighted by Crippen LogP contribution is -2.34. The van der Waals surface area contributed by atoms with Crippen molar-refractivity contribution in [1.82, 2.24) is 19.9 Å². The molecule has 1 atom stereocenters. The van der Waals surface area contributed by atoms with Crippen molar-refractivity contribution < 1.29 is 9.84 Å². The van der Waals surface area contributed by atoms with Crippen LogP contribution in [0.15, 0.2) is 53.6 Å². The molecular weight excluding hydrogens is 368 g/mol. The van der Waals surface area contributed by atoms with E-state index in [0.717, 1.165) is 49.3 Å². The molecule has 0 spiro atoms. The molecule has 0 amide bonds. The first-order valence-corrected chi connectivity index (χ1v) is 9.72. The maximum Gasteiger partial charge on any atom is 0.251 e. The van der Waals surface area contributed by atoms with Crippen molar-refractivity contribution in [2.45, 2.75) is 25.3 Å². The number of ether oxygens (including phenoxy) is 1. The first kappa shape index (κ1) is 19.1. The van der Waals surface area contributed by atoms with Gasteiger partial charge in [0.05, 0.1) is 12.8 Å². The first-order valence-electron chi connectivity index (χ1n) is 9.72. The lowest BCUT2D eigenvalue weighted by atomic mass is 9.94. The zero-order chi connectivity index (χ0) is 20.2. The molecular formula is C22H24N4O3. The van der Waals surface area contributed by atoms with Crippen molar-refractivity contribution in [3.8, 4) is 22.9 Å². The summed E-state index contributed by atoms with van der Waals surface area (Å²) in [5, 5.41) is 10.0. The van der Waals surface area contributed by atoms with Gasteiger partial charge in [0.15, 0.2) is 11.5 Å². The first-order chi connectivity index (χ1) is 14.1. The lowest BCUT2D eigenvalue weighted by Gasteiger charge is -2.32. The van der Waals surface area contributed by atoms with Gasteiger partial charge in [-0.1, -0.05) is 6.07 Å². The quantitative estimate of drug-likeness (QED) is 0.694. The van der Waals surface area contributed by atoms with Crippen molar-refractivity contribution in [2.24, 2.45) is 0 Å². The number of benzene rings is 1. The van der Waals surface area contributed by atoms with Crippen LogP contribution >= 0.6 is 0 Å². The molecule has 29 heavy (non-hydrogen) atoms. The van der Waals surface area contributed by atoms with E-state index >= 15 is 0 Å². The molecule has 3 heterocycles. The van der Waals surface area contributed by atoms with Crippen LogP contribution in [0, 0.1) is 0 Å². The molecule has 4 rings (SSSR count). The van der Waals surface area contributed by atoms with Gasteiger partial charge in [-0.15, -0.1) is 0 Å². The van der Waals surface area contributed by atoms with Crippen LogP contribution in [0.3, 0.4) is 0 Å². The van der Waals surface area contributed by atoms with Gasteiger partial charge in [-0.05, 0) is 49.2 Å². The second kappa shape index (κ2) is 8.45. The number of piperidine rings is 1. The zero-order valence-corrected chi connectivity index (χ0v) is 16.3. The fraction of sp³-hybridized carbons (Fsp3) is 0.318. The van der Waals surface area contributed by atoms with Gasteiger partial charge in [0.25, 0.3) is 5.56 Å². The van der Waals surface area contributed by atoms with Gasteiger partial charge in [0, 0.05) is 43.0 Å². The number of pyridine rings is 1. The molecule has 1 saturated heterocycles. The average Bonchev–Trinajstić information content (AvgIpc) is 2.74. The fourth-order valence-corrected chi connectivity index (χ4v) is 3.86. The molecule has 1 aliphatic rings. The van der Waals surface area contributed by atoms with E-state index in [1.165, 1.54) is 7.11 Å². The SMILES string of the molecule is COc1ccc(CN2CCCC(c3cc(=O)[nH]c(-c4cccnc4)n3)C2)cc1O. The Kier molecular flexibility index (Phi) is 5.57. The summed E-state index contributed by atoms with van der Waals surface area (Å²) in [4.78, 5) is 26.2. The molecule has 2 N–H and O–H groups in total. The minimum absolute atomic E-state index is 0.147. The van der Waals surface area contributed by atoms with E-state index in [-0.39, 0.29) is 17.2 Å². The van der Waals surface area contributed by atoms with Crippen LogP contribution in [0.4, 0.5) is 0 Å². The summed E-state index contributed by atoms with van der Waals surface area (Å²) in [6.45, 7) is 2.52. The minimum atomic E-state index is -0.147. The number of phenols is 1. The van der Waals surface area contributed by atoms with Crippen LogP contribution in [0.5, 0.6) is 11.5 Å². The third-order valence-corrected chi connectivity index (χ3v) is 5.27. The number of methoxy groups -OCH3 is 1. The lowest BCUT2D eigenvalue weighted by molar-refractivity contribution is 0.198. The highest BCUT2D eigenvalue weighted by Crippen LogP contribution is 2.30. The zero-order valence-electron chi connectivity index (χ0n) is 16.3. The molecule has 1 fully saturated rings. The summed E-state index contributed by atoms with van der Waals surface area (Å²) in [6.07, 6.45) is 5.42. The second-order valence-corrected chi connectivity index (χ2v) is 7.34. The number of H-pyrrole nitrogens is 1. The molecule has 1 unspecified atom stereocenters. The topological polar surface area (TPSA) is 91.3 Å². The van der Waals surface area contributed by atoms with E-state index in [1.54, 1.807) is 30.6 Å². The molecule has 7 heteroatoms. The molecule has 150 valence electrons. The van der Waals surface area contributed by atoms with E-state index < -0.39 is 0 Å². The van der Waals surface area contributed by atoms with Gasteiger partial charge >= 0.3 is 0 Å². The van der Waals surface area contributed by atoms with E-state index in [9.17, 15) is 9.90 Å². The maximum atomic E-state index is 12.2. The number of aromatic nitrogens is 3. The normalized spacial score (nSPS) is 17.2. The number of nitrogens with zero attached hydrogens (tertiary/aromatic N) is 3. The molecule has 0 radical (unpaired) electrons. The summed E-state index contributed by atoms with van der Waals surface area (Å²) in [7, 11) is 1.54. The van der Waals surface area contributed by atoms with Crippen molar-refractivity contribution in [3.63, 3.8) is 0 Å². The molecule has 0 bridgehead atoms. The number of aromatic hydroxyl groups is 1. The van der Waals surface area contributed by atoms with Crippen LogP contribution < -0.4 is 10.3 Å². The predicted molar refractivity (Wildman–Crippen MR) is 110 cm³/mol. The monoisotopic (exact) mass is 392 g/mol. The summed E-state index contributed by atoms with van der Waals surface area (Å²) in [6, 6.07) is 10.8. The summed E-state index contributed by atoms with van der Waals surface area (Å²) in [5.41, 5.74) is 2.49. The Labute approximate surface area is 169 Å². The molecule has 7 nitrogen and oxygen atoms in total. The van der Waals surface area contributed by atoms with E-state index in [0.29, 0.717) is 11.6 Å². The number of phenolic OH excluding ortho intramolecular Hbond substituents is 1. The Hall–Kier alpha value is -3.19. The van der Waals surface area contributed by atoms with Gasteiger partial charge in [0.1, 0.15) is 5.82 Å². The average molecular weight is 392 g/mol. The molecule has 1 aliphatic heterocycles. The van der Waals surface area contributed by atoms with Crippen LogP contribution in [0.2, 0.25) is 0 Å². The standard InChI is InChI=1S/C22H24N4O3/c1-29-20-7-6-15(10-19(20)27)13-26-9-3-5-17(14-26)18-11-21(28)25-22(24-18)16-4-2-8-23-12-16/h2,4,6-8,10-12,17,27H,3,5,9,13-14H2,1H3,(H,24,25,28). The number of nitrogens with one attached hydrogen (secondary N) is 1. The van der Waals surface area contributed by atoms with Crippen LogP contribution in [-0.2, 0) is 6.54 Å². The number of rotatable bonds is 5. The summed E-state index contributed by atoms with van der Waals surface area (Å²) < 4.78 is 5.11. The van der Waals surface area contributed by atoms with Crippen LogP contribution in [0.25, 0.3) is 11.4 Å².